The van der Waals surface area contributed by atoms with Crippen LogP contribution in [-0.2, 0) is 4.74 Å². The molecule has 7 heteroatoms. The molecule has 1 heterocycles. The van der Waals surface area contributed by atoms with E-state index in [0.29, 0.717) is 16.3 Å². The highest BCUT2D eigenvalue weighted by atomic mass is 35.5. The number of nitrogens with zero attached hydrogens (tertiary/aromatic N) is 3. The van der Waals surface area contributed by atoms with E-state index in [0.717, 1.165) is 0 Å². The van der Waals surface area contributed by atoms with Crippen LogP contribution >= 0.6 is 11.6 Å². The average molecular weight is 282 g/mol. The standard InChI is InChI=1S/C12H12ClN3O3/c1-7(17)8-3-4-10(9(13)5-8)16-6-14-11(15-16)12(18)19-2/h3-7,17H,1-2H3/t7-/m0/s1. The summed E-state index contributed by atoms with van der Waals surface area (Å²) in [6, 6.07) is 5.06. The fraction of sp³-hybridized carbons (Fsp3) is 0.250. The summed E-state index contributed by atoms with van der Waals surface area (Å²) in [5.41, 5.74) is 1.26. The number of benzene rings is 1. The zero-order valence-electron chi connectivity index (χ0n) is 10.4. The van der Waals surface area contributed by atoms with Crippen molar-refractivity contribution in [2.24, 2.45) is 0 Å². The molecule has 1 aromatic heterocycles. The van der Waals surface area contributed by atoms with Crippen molar-refractivity contribution >= 4 is 17.6 Å². The van der Waals surface area contributed by atoms with Crippen LogP contribution in [0.25, 0.3) is 5.69 Å². The molecule has 1 N–H and O–H groups in total. The summed E-state index contributed by atoms with van der Waals surface area (Å²) in [5.74, 6) is -0.659. The highest BCUT2D eigenvalue weighted by Gasteiger charge is 2.14. The fourth-order valence-corrected chi connectivity index (χ4v) is 1.81. The largest absolute Gasteiger partial charge is 0.463 e. The number of hydrogen-bond donors (Lipinski definition) is 1. The lowest BCUT2D eigenvalue weighted by Gasteiger charge is -2.08. The molecule has 19 heavy (non-hydrogen) atoms. The Bertz CT molecular complexity index is 610. The Labute approximate surface area is 114 Å². The van der Waals surface area contributed by atoms with Crippen molar-refractivity contribution in [1.82, 2.24) is 14.8 Å². The molecule has 2 rings (SSSR count). The van der Waals surface area contributed by atoms with E-state index in [4.69, 9.17) is 11.6 Å². The number of aliphatic hydroxyl groups excluding tert-OH is 1. The Kier molecular flexibility index (Phi) is 3.82. The van der Waals surface area contributed by atoms with Gasteiger partial charge in [0.2, 0.25) is 0 Å². The summed E-state index contributed by atoms with van der Waals surface area (Å²) in [4.78, 5) is 15.1. The first-order valence-electron chi connectivity index (χ1n) is 5.50. The van der Waals surface area contributed by atoms with Crippen molar-refractivity contribution in [2.75, 3.05) is 7.11 Å². The zero-order valence-corrected chi connectivity index (χ0v) is 11.1. The molecule has 2 aromatic rings. The number of carbonyl (C=O) groups is 1. The van der Waals surface area contributed by atoms with Gasteiger partial charge < -0.3 is 9.84 Å². The first kappa shape index (κ1) is 13.5. The van der Waals surface area contributed by atoms with Gasteiger partial charge in [-0.15, -0.1) is 5.10 Å². The molecule has 0 amide bonds. The summed E-state index contributed by atoms with van der Waals surface area (Å²) in [6.07, 6.45) is 0.767. The maximum absolute atomic E-state index is 11.3. The van der Waals surface area contributed by atoms with Crippen LogP contribution in [-0.4, -0.2) is 33.0 Å². The van der Waals surface area contributed by atoms with Crippen molar-refractivity contribution in [3.05, 3.63) is 40.9 Å². The number of ether oxygens (including phenoxy) is 1. The normalized spacial score (nSPS) is 12.2. The number of aromatic nitrogens is 3. The Morgan fingerprint density at radius 3 is 2.84 bits per heavy atom. The monoisotopic (exact) mass is 281 g/mol. The third-order valence-electron chi connectivity index (χ3n) is 2.56. The Balaban J connectivity index is 2.37. The number of methoxy groups -OCH3 is 1. The highest BCUT2D eigenvalue weighted by molar-refractivity contribution is 6.32. The lowest BCUT2D eigenvalue weighted by molar-refractivity contribution is 0.0587. The zero-order chi connectivity index (χ0) is 14.0. The quantitative estimate of drug-likeness (QED) is 0.868. The molecule has 100 valence electrons. The van der Waals surface area contributed by atoms with Gasteiger partial charge in [-0.1, -0.05) is 17.7 Å². The maximum atomic E-state index is 11.3. The SMILES string of the molecule is COC(=O)c1ncn(-c2ccc([C@H](C)O)cc2Cl)n1. The number of carbonyl (C=O) groups excluding carboxylic acids is 1. The van der Waals surface area contributed by atoms with Crippen molar-refractivity contribution in [3.8, 4) is 5.69 Å². The molecular formula is C12H12ClN3O3. The minimum absolute atomic E-state index is 0.0434. The van der Waals surface area contributed by atoms with Gasteiger partial charge >= 0.3 is 5.97 Å². The number of halogens is 1. The molecule has 0 spiro atoms. The molecular weight excluding hydrogens is 270 g/mol. The van der Waals surface area contributed by atoms with E-state index in [-0.39, 0.29) is 5.82 Å². The summed E-state index contributed by atoms with van der Waals surface area (Å²) in [6.45, 7) is 1.65. The lowest BCUT2D eigenvalue weighted by atomic mass is 10.1. The Morgan fingerprint density at radius 2 is 2.26 bits per heavy atom. The van der Waals surface area contributed by atoms with E-state index in [1.165, 1.54) is 18.1 Å². The predicted molar refractivity (Wildman–Crippen MR) is 68.3 cm³/mol. The molecule has 0 saturated heterocycles. The first-order chi connectivity index (χ1) is 9.02. The topological polar surface area (TPSA) is 77.2 Å². The average Bonchev–Trinajstić information content (AvgIpc) is 2.87. The highest BCUT2D eigenvalue weighted by Crippen LogP contribution is 2.24. The van der Waals surface area contributed by atoms with Gasteiger partial charge in [0, 0.05) is 0 Å². The molecule has 1 aromatic carbocycles. The van der Waals surface area contributed by atoms with Crippen molar-refractivity contribution in [3.63, 3.8) is 0 Å². The minimum Gasteiger partial charge on any atom is -0.463 e. The van der Waals surface area contributed by atoms with Crippen LogP contribution in [0.2, 0.25) is 5.02 Å². The van der Waals surface area contributed by atoms with Gasteiger partial charge in [-0.2, -0.15) is 0 Å². The van der Waals surface area contributed by atoms with E-state index in [1.807, 2.05) is 0 Å². The van der Waals surface area contributed by atoms with Crippen LogP contribution < -0.4 is 0 Å². The summed E-state index contributed by atoms with van der Waals surface area (Å²) < 4.78 is 5.90. The number of hydrogen-bond acceptors (Lipinski definition) is 5. The molecule has 6 nitrogen and oxygen atoms in total. The van der Waals surface area contributed by atoms with Gasteiger partial charge in [0.1, 0.15) is 6.33 Å². The van der Waals surface area contributed by atoms with Crippen LogP contribution in [0.4, 0.5) is 0 Å². The maximum Gasteiger partial charge on any atom is 0.377 e. The first-order valence-corrected chi connectivity index (χ1v) is 5.88. The van der Waals surface area contributed by atoms with Gasteiger partial charge in [0.15, 0.2) is 0 Å². The molecule has 0 aliphatic rings. The Morgan fingerprint density at radius 1 is 1.53 bits per heavy atom. The molecule has 0 bridgehead atoms. The van der Waals surface area contributed by atoms with Crippen LogP contribution in [0.3, 0.4) is 0 Å². The van der Waals surface area contributed by atoms with E-state index in [1.54, 1.807) is 25.1 Å². The fourth-order valence-electron chi connectivity index (χ4n) is 1.53. The van der Waals surface area contributed by atoms with Gasteiger partial charge in [0.25, 0.3) is 5.82 Å². The van der Waals surface area contributed by atoms with E-state index < -0.39 is 12.1 Å². The van der Waals surface area contributed by atoms with Crippen LogP contribution in [0.1, 0.15) is 29.2 Å². The second-order valence-corrected chi connectivity index (χ2v) is 4.30. The predicted octanol–water partition coefficient (Wildman–Crippen LogP) is 1.76. The van der Waals surface area contributed by atoms with Crippen molar-refractivity contribution in [1.29, 1.82) is 0 Å². The number of aliphatic hydroxyl groups is 1. The second-order valence-electron chi connectivity index (χ2n) is 3.89. The van der Waals surface area contributed by atoms with Crippen molar-refractivity contribution < 1.29 is 14.6 Å². The summed E-state index contributed by atoms with van der Waals surface area (Å²) >= 11 is 6.11. The van der Waals surface area contributed by atoms with Crippen molar-refractivity contribution in [2.45, 2.75) is 13.0 Å². The van der Waals surface area contributed by atoms with Crippen LogP contribution in [0.5, 0.6) is 0 Å². The van der Waals surface area contributed by atoms with E-state index in [2.05, 4.69) is 14.8 Å². The van der Waals surface area contributed by atoms with Gasteiger partial charge in [-0.25, -0.2) is 14.5 Å². The van der Waals surface area contributed by atoms with Gasteiger partial charge in [0.05, 0.1) is 23.9 Å². The molecule has 0 aliphatic heterocycles. The molecule has 0 fully saturated rings. The van der Waals surface area contributed by atoms with Gasteiger partial charge in [-0.05, 0) is 24.6 Å². The number of esters is 1. The Hall–Kier alpha value is -1.92. The molecule has 0 radical (unpaired) electrons. The van der Waals surface area contributed by atoms with E-state index in [9.17, 15) is 9.90 Å². The molecule has 0 saturated carbocycles. The third-order valence-corrected chi connectivity index (χ3v) is 2.86. The number of rotatable bonds is 3. The summed E-state index contributed by atoms with van der Waals surface area (Å²) in [7, 11) is 1.26. The molecule has 1 atom stereocenters. The molecule has 0 unspecified atom stereocenters. The summed E-state index contributed by atoms with van der Waals surface area (Å²) in [5, 5.41) is 13.8. The van der Waals surface area contributed by atoms with Crippen LogP contribution in [0.15, 0.2) is 24.5 Å². The molecule has 0 aliphatic carbocycles. The third kappa shape index (κ3) is 2.74. The van der Waals surface area contributed by atoms with Gasteiger partial charge in [-0.3, -0.25) is 0 Å². The smallest absolute Gasteiger partial charge is 0.377 e. The van der Waals surface area contributed by atoms with E-state index >= 15 is 0 Å². The van der Waals surface area contributed by atoms with Crippen LogP contribution in [0, 0.1) is 0 Å². The lowest BCUT2D eigenvalue weighted by Crippen LogP contribution is -2.05. The minimum atomic E-state index is -0.615. The second kappa shape index (κ2) is 5.38.